The molecular weight excluding hydrogens is 338 g/mol. The summed E-state index contributed by atoms with van der Waals surface area (Å²) in [6.07, 6.45) is 6.67. The van der Waals surface area contributed by atoms with Crippen LogP contribution in [0.5, 0.6) is 0 Å². The molecule has 1 aliphatic carbocycles. The molecule has 0 spiro atoms. The first-order valence-corrected chi connectivity index (χ1v) is 9.24. The Kier molecular flexibility index (Phi) is 4.42. The highest BCUT2D eigenvalue weighted by atomic mass is 79.9. The molecule has 1 N–H and O–H groups in total. The molecule has 2 heterocycles. The molecule has 2 aromatic rings. The average molecular weight is 356 g/mol. The lowest BCUT2D eigenvalue weighted by Crippen LogP contribution is -2.15. The zero-order valence-corrected chi connectivity index (χ0v) is 14.3. The minimum atomic E-state index is 0.355. The molecule has 0 aliphatic heterocycles. The first-order chi connectivity index (χ1) is 9.28. The van der Waals surface area contributed by atoms with Crippen LogP contribution in [0.2, 0.25) is 0 Å². The second kappa shape index (κ2) is 6.08. The fourth-order valence-corrected chi connectivity index (χ4v) is 5.76. The molecule has 0 fully saturated rings. The van der Waals surface area contributed by atoms with Gasteiger partial charge in [0, 0.05) is 14.6 Å². The third-order valence-electron chi connectivity index (χ3n) is 3.72. The number of fused-ring (bicyclic) bond motifs is 1. The van der Waals surface area contributed by atoms with Gasteiger partial charge in [-0.15, -0.1) is 22.7 Å². The van der Waals surface area contributed by atoms with E-state index in [4.69, 9.17) is 0 Å². The second-order valence-corrected chi connectivity index (χ2v) is 8.68. The molecule has 0 saturated carbocycles. The van der Waals surface area contributed by atoms with Gasteiger partial charge in [-0.3, -0.25) is 0 Å². The fraction of sp³-hybridized carbons (Fsp3) is 0.467. The first-order valence-electron chi connectivity index (χ1n) is 6.82. The van der Waals surface area contributed by atoms with Gasteiger partial charge in [-0.05, 0) is 72.4 Å². The lowest BCUT2D eigenvalue weighted by molar-refractivity contribution is 0.705. The molecule has 1 aliphatic rings. The molecule has 4 heteroatoms. The Bertz CT molecular complexity index is 535. The number of halogens is 1. The largest absolute Gasteiger partial charge is 0.308 e. The topological polar surface area (TPSA) is 12.0 Å². The molecule has 0 saturated heterocycles. The Balaban J connectivity index is 1.91. The summed E-state index contributed by atoms with van der Waals surface area (Å²) >= 11 is 7.40. The van der Waals surface area contributed by atoms with E-state index < -0.39 is 0 Å². The van der Waals surface area contributed by atoms with Crippen LogP contribution < -0.4 is 5.32 Å². The normalized spacial score (nSPS) is 16.9. The molecule has 1 atom stereocenters. The summed E-state index contributed by atoms with van der Waals surface area (Å²) in [5, 5.41) is 3.47. The highest BCUT2D eigenvalue weighted by Crippen LogP contribution is 2.37. The van der Waals surface area contributed by atoms with E-state index in [2.05, 4.69) is 46.5 Å². The van der Waals surface area contributed by atoms with Crippen molar-refractivity contribution in [2.24, 2.45) is 0 Å². The van der Waals surface area contributed by atoms with Gasteiger partial charge < -0.3 is 5.32 Å². The SMILES string of the molecule is CNC(c1ccc(Br)s1)c1cc2c(s1)CCCCC2. The average Bonchev–Trinajstić information content (AvgIpc) is 2.93. The van der Waals surface area contributed by atoms with Crippen molar-refractivity contribution in [2.45, 2.75) is 38.1 Å². The molecule has 0 amide bonds. The Morgan fingerprint density at radius 3 is 2.68 bits per heavy atom. The van der Waals surface area contributed by atoms with E-state index in [1.165, 1.54) is 45.6 Å². The van der Waals surface area contributed by atoms with Gasteiger partial charge in [-0.2, -0.15) is 0 Å². The number of nitrogens with one attached hydrogen (secondary N) is 1. The third-order valence-corrected chi connectivity index (χ3v) is 6.71. The monoisotopic (exact) mass is 355 g/mol. The summed E-state index contributed by atoms with van der Waals surface area (Å²) in [6.45, 7) is 0. The van der Waals surface area contributed by atoms with Gasteiger partial charge in [0.1, 0.15) is 0 Å². The van der Waals surface area contributed by atoms with E-state index in [0.717, 1.165) is 0 Å². The molecule has 19 heavy (non-hydrogen) atoms. The Labute approximate surface area is 131 Å². The van der Waals surface area contributed by atoms with E-state index in [1.54, 1.807) is 10.4 Å². The quantitative estimate of drug-likeness (QED) is 0.750. The highest BCUT2D eigenvalue weighted by Gasteiger charge is 2.20. The maximum Gasteiger partial charge on any atom is 0.0763 e. The van der Waals surface area contributed by atoms with Crippen LogP contribution in [0, 0.1) is 0 Å². The van der Waals surface area contributed by atoms with Gasteiger partial charge in [0.05, 0.1) is 9.83 Å². The van der Waals surface area contributed by atoms with Crippen molar-refractivity contribution >= 4 is 38.6 Å². The molecule has 102 valence electrons. The lowest BCUT2D eigenvalue weighted by Gasteiger charge is -2.12. The van der Waals surface area contributed by atoms with Crippen molar-refractivity contribution in [1.29, 1.82) is 0 Å². The van der Waals surface area contributed by atoms with Crippen molar-refractivity contribution < 1.29 is 0 Å². The molecule has 3 rings (SSSR count). The Hall–Kier alpha value is -0.160. The molecular formula is C15H18BrNS2. The number of hydrogen-bond acceptors (Lipinski definition) is 3. The van der Waals surface area contributed by atoms with Crippen LogP contribution in [-0.4, -0.2) is 7.05 Å². The summed E-state index contributed by atoms with van der Waals surface area (Å²) in [5.74, 6) is 0. The number of thiophene rings is 2. The summed E-state index contributed by atoms with van der Waals surface area (Å²) in [6, 6.07) is 7.16. The van der Waals surface area contributed by atoms with Crippen molar-refractivity contribution in [3.05, 3.63) is 42.2 Å². The van der Waals surface area contributed by atoms with Gasteiger partial charge in [0.25, 0.3) is 0 Å². The minimum absolute atomic E-state index is 0.355. The molecule has 1 nitrogen and oxygen atoms in total. The number of aryl methyl sites for hydroxylation is 2. The summed E-state index contributed by atoms with van der Waals surface area (Å²) in [5.41, 5.74) is 1.60. The zero-order valence-electron chi connectivity index (χ0n) is 11.0. The predicted molar refractivity (Wildman–Crippen MR) is 88.5 cm³/mol. The summed E-state index contributed by atoms with van der Waals surface area (Å²) in [4.78, 5) is 4.50. The zero-order chi connectivity index (χ0) is 13.2. The minimum Gasteiger partial charge on any atom is -0.308 e. The molecule has 0 aromatic carbocycles. The lowest BCUT2D eigenvalue weighted by atomic mass is 10.1. The van der Waals surface area contributed by atoms with Crippen LogP contribution in [0.4, 0.5) is 0 Å². The second-order valence-electron chi connectivity index (χ2n) is 5.02. The summed E-state index contributed by atoms with van der Waals surface area (Å²) < 4.78 is 1.21. The number of rotatable bonds is 3. The van der Waals surface area contributed by atoms with E-state index in [1.807, 2.05) is 22.7 Å². The van der Waals surface area contributed by atoms with Crippen LogP contribution in [0.15, 0.2) is 22.0 Å². The van der Waals surface area contributed by atoms with Gasteiger partial charge in [0.2, 0.25) is 0 Å². The fourth-order valence-electron chi connectivity index (χ4n) is 2.74. The van der Waals surface area contributed by atoms with E-state index >= 15 is 0 Å². The van der Waals surface area contributed by atoms with Crippen LogP contribution in [0.1, 0.15) is 45.5 Å². The molecule has 2 aromatic heterocycles. The smallest absolute Gasteiger partial charge is 0.0763 e. The van der Waals surface area contributed by atoms with E-state index in [0.29, 0.717) is 6.04 Å². The summed E-state index contributed by atoms with van der Waals surface area (Å²) in [7, 11) is 2.06. The van der Waals surface area contributed by atoms with Crippen molar-refractivity contribution in [3.63, 3.8) is 0 Å². The maximum atomic E-state index is 3.56. The van der Waals surface area contributed by atoms with E-state index in [-0.39, 0.29) is 0 Å². The molecule has 0 radical (unpaired) electrons. The Morgan fingerprint density at radius 1 is 1.11 bits per heavy atom. The van der Waals surface area contributed by atoms with Gasteiger partial charge in [0.15, 0.2) is 0 Å². The molecule has 1 unspecified atom stereocenters. The van der Waals surface area contributed by atoms with Crippen LogP contribution in [0.3, 0.4) is 0 Å². The van der Waals surface area contributed by atoms with E-state index in [9.17, 15) is 0 Å². The standard InChI is InChI=1S/C15H18BrNS2/c1-17-15(12-7-8-14(16)19-12)13-9-10-5-3-2-4-6-11(10)18-13/h7-9,15,17H,2-6H2,1H3. The third kappa shape index (κ3) is 2.97. The highest BCUT2D eigenvalue weighted by molar-refractivity contribution is 9.11. The van der Waals surface area contributed by atoms with Crippen LogP contribution in [0.25, 0.3) is 0 Å². The van der Waals surface area contributed by atoms with Gasteiger partial charge in [-0.1, -0.05) is 6.42 Å². The molecule has 0 bridgehead atoms. The van der Waals surface area contributed by atoms with Gasteiger partial charge in [-0.25, -0.2) is 0 Å². The Morgan fingerprint density at radius 2 is 1.95 bits per heavy atom. The first kappa shape index (κ1) is 13.8. The maximum absolute atomic E-state index is 3.56. The predicted octanol–water partition coefficient (Wildman–Crippen LogP) is 5.15. The number of hydrogen-bond donors (Lipinski definition) is 1. The van der Waals surface area contributed by atoms with Crippen molar-refractivity contribution in [1.82, 2.24) is 5.32 Å². The van der Waals surface area contributed by atoms with Crippen LogP contribution in [-0.2, 0) is 12.8 Å². The van der Waals surface area contributed by atoms with Crippen LogP contribution >= 0.6 is 38.6 Å². The van der Waals surface area contributed by atoms with Gasteiger partial charge >= 0.3 is 0 Å². The van der Waals surface area contributed by atoms with Crippen molar-refractivity contribution in [3.8, 4) is 0 Å². The van der Waals surface area contributed by atoms with Crippen molar-refractivity contribution in [2.75, 3.05) is 7.05 Å².